The predicted octanol–water partition coefficient (Wildman–Crippen LogP) is 2.87. The third-order valence-electron chi connectivity index (χ3n) is 5.23. The number of rotatable bonds is 6. The Bertz CT molecular complexity index is 995. The number of Topliss-reactive ketones (excluding diaryl/α,β-unsaturated/α-hetero) is 1. The Kier molecular flexibility index (Phi) is 6.30. The van der Waals surface area contributed by atoms with Crippen LogP contribution in [0.25, 0.3) is 0 Å². The molecular weight excluding hydrogens is 386 g/mol. The lowest BCUT2D eigenvalue weighted by Crippen LogP contribution is -2.27. The molecule has 1 atom stereocenters. The average Bonchev–Trinajstić information content (AvgIpc) is 3.15. The molecule has 0 radical (unpaired) electrons. The molecule has 0 N–H and O–H groups in total. The molecule has 0 spiro atoms. The maximum Gasteiger partial charge on any atom is 0.337 e. The number of ether oxygens (including phenoxy) is 2. The number of aryl methyl sites for hydroxylation is 2. The molecule has 1 heterocycles. The highest BCUT2D eigenvalue weighted by molar-refractivity contribution is 6.01. The van der Waals surface area contributed by atoms with E-state index in [-0.39, 0.29) is 31.3 Å². The number of ketones is 1. The summed E-state index contributed by atoms with van der Waals surface area (Å²) in [7, 11) is 1.29. The maximum atomic E-state index is 12.4. The first-order valence-electron chi connectivity index (χ1n) is 9.56. The first-order valence-corrected chi connectivity index (χ1v) is 9.56. The Morgan fingerprint density at radius 2 is 1.67 bits per heavy atom. The van der Waals surface area contributed by atoms with Gasteiger partial charge in [-0.1, -0.05) is 12.1 Å². The van der Waals surface area contributed by atoms with Gasteiger partial charge in [0, 0.05) is 24.2 Å². The van der Waals surface area contributed by atoms with Crippen molar-refractivity contribution in [2.45, 2.75) is 20.3 Å². The van der Waals surface area contributed by atoms with Crippen molar-refractivity contribution in [1.82, 2.24) is 0 Å². The summed E-state index contributed by atoms with van der Waals surface area (Å²) in [6, 6.07) is 11.7. The van der Waals surface area contributed by atoms with Crippen LogP contribution in [0.15, 0.2) is 42.5 Å². The van der Waals surface area contributed by atoms with Crippen LogP contribution in [-0.4, -0.2) is 43.9 Å². The van der Waals surface area contributed by atoms with Gasteiger partial charge in [-0.3, -0.25) is 14.4 Å². The van der Waals surface area contributed by atoms with Crippen molar-refractivity contribution >= 4 is 29.3 Å². The largest absolute Gasteiger partial charge is 0.465 e. The van der Waals surface area contributed by atoms with Gasteiger partial charge in [0.05, 0.1) is 18.6 Å². The molecule has 156 valence electrons. The maximum absolute atomic E-state index is 12.4. The van der Waals surface area contributed by atoms with Crippen molar-refractivity contribution in [2.24, 2.45) is 5.92 Å². The van der Waals surface area contributed by atoms with Crippen LogP contribution in [0.5, 0.6) is 0 Å². The summed E-state index contributed by atoms with van der Waals surface area (Å²) < 4.78 is 9.83. The van der Waals surface area contributed by atoms with E-state index in [1.54, 1.807) is 36.4 Å². The van der Waals surface area contributed by atoms with Gasteiger partial charge >= 0.3 is 11.9 Å². The van der Waals surface area contributed by atoms with E-state index in [2.05, 4.69) is 4.74 Å². The lowest BCUT2D eigenvalue weighted by Gasteiger charge is -2.16. The van der Waals surface area contributed by atoms with Crippen molar-refractivity contribution in [3.63, 3.8) is 0 Å². The van der Waals surface area contributed by atoms with Crippen LogP contribution in [0, 0.1) is 19.8 Å². The van der Waals surface area contributed by atoms with Gasteiger partial charge in [0.15, 0.2) is 12.4 Å². The van der Waals surface area contributed by atoms with E-state index in [4.69, 9.17) is 4.74 Å². The van der Waals surface area contributed by atoms with Crippen LogP contribution in [0.4, 0.5) is 5.69 Å². The number of carbonyl (C=O) groups excluding carboxylic acids is 4. The number of esters is 2. The van der Waals surface area contributed by atoms with E-state index in [9.17, 15) is 19.2 Å². The molecule has 1 saturated heterocycles. The van der Waals surface area contributed by atoms with Crippen LogP contribution < -0.4 is 4.90 Å². The molecule has 7 heteroatoms. The standard InChI is InChI=1S/C23H23NO6/c1-14-4-5-17(10-15(14)2)20(25)13-30-23(28)18-11-21(26)24(12-18)19-8-6-16(7-9-19)22(27)29-3/h4-10,18H,11-13H2,1-3H3/t18-/m0/s1. The molecule has 30 heavy (non-hydrogen) atoms. The van der Waals surface area contributed by atoms with E-state index in [1.165, 1.54) is 12.0 Å². The van der Waals surface area contributed by atoms with Crippen LogP contribution in [0.1, 0.15) is 38.3 Å². The number of nitrogens with zero attached hydrogens (tertiary/aromatic N) is 1. The summed E-state index contributed by atoms with van der Waals surface area (Å²) in [5, 5.41) is 0. The van der Waals surface area contributed by atoms with Gasteiger partial charge in [0.1, 0.15) is 0 Å². The fourth-order valence-corrected chi connectivity index (χ4v) is 3.26. The number of hydrogen-bond acceptors (Lipinski definition) is 6. The van der Waals surface area contributed by atoms with Crippen LogP contribution in [0.3, 0.4) is 0 Å². The number of methoxy groups -OCH3 is 1. The summed E-state index contributed by atoms with van der Waals surface area (Å²) in [6.45, 7) is 3.66. The summed E-state index contributed by atoms with van der Waals surface area (Å²) in [6.07, 6.45) is 0.00934. The predicted molar refractivity (Wildman–Crippen MR) is 109 cm³/mol. The molecule has 2 aromatic rings. The molecule has 0 aliphatic carbocycles. The van der Waals surface area contributed by atoms with Gasteiger partial charge in [0.2, 0.25) is 5.91 Å². The minimum Gasteiger partial charge on any atom is -0.465 e. The van der Waals surface area contributed by atoms with Crippen molar-refractivity contribution in [3.05, 3.63) is 64.7 Å². The highest BCUT2D eigenvalue weighted by atomic mass is 16.5. The topological polar surface area (TPSA) is 90.0 Å². The lowest BCUT2D eigenvalue weighted by molar-refractivity contribution is -0.147. The number of amides is 1. The average molecular weight is 409 g/mol. The molecule has 0 aromatic heterocycles. The fourth-order valence-electron chi connectivity index (χ4n) is 3.26. The quantitative estimate of drug-likeness (QED) is 0.538. The van der Waals surface area contributed by atoms with Crippen molar-refractivity contribution in [2.75, 3.05) is 25.2 Å². The molecule has 1 aliphatic heterocycles. The van der Waals surface area contributed by atoms with Gasteiger partial charge in [0.25, 0.3) is 0 Å². The number of hydrogen-bond donors (Lipinski definition) is 0. The highest BCUT2D eigenvalue weighted by Gasteiger charge is 2.36. The molecule has 3 rings (SSSR count). The Morgan fingerprint density at radius 3 is 2.30 bits per heavy atom. The van der Waals surface area contributed by atoms with E-state index < -0.39 is 17.9 Å². The van der Waals surface area contributed by atoms with Gasteiger partial charge in [-0.05, 0) is 55.3 Å². The van der Waals surface area contributed by atoms with Gasteiger partial charge in [-0.2, -0.15) is 0 Å². The zero-order chi connectivity index (χ0) is 21.8. The Labute approximate surface area is 174 Å². The normalized spacial score (nSPS) is 15.8. The van der Waals surface area contributed by atoms with Gasteiger partial charge in [-0.25, -0.2) is 4.79 Å². The minimum atomic E-state index is -0.648. The van der Waals surface area contributed by atoms with E-state index in [0.29, 0.717) is 16.8 Å². The Hall–Kier alpha value is -3.48. The first kappa shape index (κ1) is 21.2. The lowest BCUT2D eigenvalue weighted by atomic mass is 10.0. The number of anilines is 1. The molecular formula is C23H23NO6. The van der Waals surface area contributed by atoms with E-state index in [0.717, 1.165) is 11.1 Å². The monoisotopic (exact) mass is 409 g/mol. The Balaban J connectivity index is 1.58. The fraction of sp³-hybridized carbons (Fsp3) is 0.304. The molecule has 1 fully saturated rings. The molecule has 2 aromatic carbocycles. The van der Waals surface area contributed by atoms with Gasteiger partial charge in [-0.15, -0.1) is 0 Å². The third kappa shape index (κ3) is 4.56. The second kappa shape index (κ2) is 8.90. The zero-order valence-corrected chi connectivity index (χ0v) is 17.1. The first-order chi connectivity index (χ1) is 14.3. The number of carbonyl (C=O) groups is 4. The molecule has 7 nitrogen and oxygen atoms in total. The van der Waals surface area contributed by atoms with Crippen LogP contribution in [-0.2, 0) is 19.1 Å². The molecule has 1 aliphatic rings. The minimum absolute atomic E-state index is 0.00934. The zero-order valence-electron chi connectivity index (χ0n) is 17.1. The second-order valence-electron chi connectivity index (χ2n) is 7.27. The van der Waals surface area contributed by atoms with E-state index in [1.807, 2.05) is 19.9 Å². The van der Waals surface area contributed by atoms with Crippen molar-refractivity contribution in [1.29, 1.82) is 0 Å². The summed E-state index contributed by atoms with van der Waals surface area (Å²) in [4.78, 5) is 50.0. The molecule has 0 saturated carbocycles. The second-order valence-corrected chi connectivity index (χ2v) is 7.27. The van der Waals surface area contributed by atoms with Crippen LogP contribution >= 0.6 is 0 Å². The molecule has 1 amide bonds. The molecule has 0 bridgehead atoms. The summed E-state index contributed by atoms with van der Waals surface area (Å²) in [5.74, 6) is -2.20. The Morgan fingerprint density at radius 1 is 1.00 bits per heavy atom. The van der Waals surface area contributed by atoms with Crippen molar-refractivity contribution in [3.8, 4) is 0 Å². The van der Waals surface area contributed by atoms with Crippen LogP contribution in [0.2, 0.25) is 0 Å². The highest BCUT2D eigenvalue weighted by Crippen LogP contribution is 2.26. The summed E-state index contributed by atoms with van der Waals surface area (Å²) >= 11 is 0. The number of benzene rings is 2. The summed E-state index contributed by atoms with van der Waals surface area (Å²) in [5.41, 5.74) is 3.50. The molecule has 0 unspecified atom stereocenters. The van der Waals surface area contributed by atoms with Gasteiger partial charge < -0.3 is 14.4 Å². The SMILES string of the molecule is COC(=O)c1ccc(N2C[C@@H](C(=O)OCC(=O)c3ccc(C)c(C)c3)CC2=O)cc1. The van der Waals surface area contributed by atoms with Crippen molar-refractivity contribution < 1.29 is 28.7 Å². The third-order valence-corrected chi connectivity index (χ3v) is 5.23. The smallest absolute Gasteiger partial charge is 0.337 e. The van der Waals surface area contributed by atoms with E-state index >= 15 is 0 Å².